The molecule has 0 unspecified atom stereocenters. The Balaban J connectivity index is 2.12. The van der Waals surface area contributed by atoms with Crippen molar-refractivity contribution in [1.29, 1.82) is 0 Å². The van der Waals surface area contributed by atoms with Crippen molar-refractivity contribution in [3.63, 3.8) is 0 Å². The van der Waals surface area contributed by atoms with Gasteiger partial charge < -0.3 is 10.6 Å². The third-order valence-corrected chi connectivity index (χ3v) is 4.79. The number of nitrogens with one attached hydrogen (secondary N) is 2. The highest BCUT2D eigenvalue weighted by atomic mass is 35.5. The van der Waals surface area contributed by atoms with Gasteiger partial charge in [-0.3, -0.25) is 23.3 Å². The van der Waals surface area contributed by atoms with E-state index in [-0.39, 0.29) is 11.6 Å². The number of anilines is 1. The molecule has 2 N–H and O–H groups in total. The summed E-state index contributed by atoms with van der Waals surface area (Å²) < 4.78 is 4.08. The summed E-state index contributed by atoms with van der Waals surface area (Å²) in [6, 6.07) is 7.32. The third kappa shape index (κ3) is 3.65. The number of amides is 1. The summed E-state index contributed by atoms with van der Waals surface area (Å²) >= 11 is 6.29. The molecule has 0 radical (unpaired) electrons. The van der Waals surface area contributed by atoms with Gasteiger partial charge in [-0.25, -0.2) is 4.79 Å². The second kappa shape index (κ2) is 7.89. The predicted molar refractivity (Wildman–Crippen MR) is 108 cm³/mol. The van der Waals surface area contributed by atoms with Crippen molar-refractivity contribution >= 4 is 34.6 Å². The average molecular weight is 405 g/mol. The molecular weight excluding hydrogens is 384 g/mol. The van der Waals surface area contributed by atoms with E-state index < -0.39 is 11.2 Å². The van der Waals surface area contributed by atoms with Crippen LogP contribution in [0.4, 0.5) is 5.95 Å². The predicted octanol–water partition coefficient (Wildman–Crippen LogP) is 0.683. The molecule has 0 fully saturated rings. The molecule has 0 aliphatic rings. The van der Waals surface area contributed by atoms with Crippen molar-refractivity contribution in [2.45, 2.75) is 13.5 Å². The second-order valence-corrected chi connectivity index (χ2v) is 6.81. The Bertz CT molecular complexity index is 1160. The van der Waals surface area contributed by atoms with E-state index >= 15 is 0 Å². The SMILES string of the molecule is CC(=O)NCCNc1nc2c(c(=O)n(C)c(=O)n2C)n1Cc1ccccc1Cl. The van der Waals surface area contributed by atoms with Crippen LogP contribution < -0.4 is 21.9 Å². The molecule has 148 valence electrons. The van der Waals surface area contributed by atoms with Gasteiger partial charge in [0, 0.05) is 39.1 Å². The first-order valence-electron chi connectivity index (χ1n) is 8.69. The Kier molecular flexibility index (Phi) is 5.55. The van der Waals surface area contributed by atoms with Gasteiger partial charge in [0.2, 0.25) is 11.9 Å². The first kappa shape index (κ1) is 19.7. The molecule has 28 heavy (non-hydrogen) atoms. The summed E-state index contributed by atoms with van der Waals surface area (Å²) in [5.74, 6) is 0.279. The number of carbonyl (C=O) groups is 1. The van der Waals surface area contributed by atoms with Gasteiger partial charge in [0.05, 0.1) is 6.54 Å². The Morgan fingerprint density at radius 3 is 2.54 bits per heavy atom. The molecule has 1 amide bonds. The molecule has 2 aromatic heterocycles. The van der Waals surface area contributed by atoms with Crippen LogP contribution in [0.25, 0.3) is 11.2 Å². The first-order valence-corrected chi connectivity index (χ1v) is 9.07. The molecule has 2 heterocycles. The van der Waals surface area contributed by atoms with E-state index in [9.17, 15) is 14.4 Å². The van der Waals surface area contributed by atoms with Gasteiger partial charge >= 0.3 is 5.69 Å². The Labute approximate surface area is 165 Å². The van der Waals surface area contributed by atoms with Crippen LogP contribution >= 0.6 is 11.6 Å². The number of aryl methyl sites for hydroxylation is 1. The van der Waals surface area contributed by atoms with E-state index in [1.54, 1.807) is 17.7 Å². The maximum absolute atomic E-state index is 12.8. The summed E-state index contributed by atoms with van der Waals surface area (Å²) in [4.78, 5) is 40.6. The monoisotopic (exact) mass is 404 g/mol. The minimum Gasteiger partial charge on any atom is -0.355 e. The normalized spacial score (nSPS) is 11.0. The minimum absolute atomic E-state index is 0.136. The summed E-state index contributed by atoms with van der Waals surface area (Å²) in [5, 5.41) is 6.37. The number of imidazole rings is 1. The second-order valence-electron chi connectivity index (χ2n) is 6.40. The number of halogens is 1. The average Bonchev–Trinajstić information content (AvgIpc) is 3.02. The number of fused-ring (bicyclic) bond motifs is 1. The van der Waals surface area contributed by atoms with Crippen LogP contribution in [-0.4, -0.2) is 37.7 Å². The highest BCUT2D eigenvalue weighted by Gasteiger charge is 2.19. The van der Waals surface area contributed by atoms with E-state index in [4.69, 9.17) is 11.6 Å². The molecule has 3 aromatic rings. The lowest BCUT2D eigenvalue weighted by Gasteiger charge is -2.12. The largest absolute Gasteiger partial charge is 0.355 e. The highest BCUT2D eigenvalue weighted by molar-refractivity contribution is 6.31. The van der Waals surface area contributed by atoms with Crippen LogP contribution in [0.3, 0.4) is 0 Å². The maximum atomic E-state index is 12.8. The van der Waals surface area contributed by atoms with E-state index in [1.165, 1.54) is 18.5 Å². The zero-order chi connectivity index (χ0) is 20.4. The molecule has 0 atom stereocenters. The molecule has 0 bridgehead atoms. The number of rotatable bonds is 6. The molecule has 0 aliphatic heterocycles. The summed E-state index contributed by atoms with van der Waals surface area (Å²) in [7, 11) is 3.00. The first-order chi connectivity index (χ1) is 13.3. The quantitative estimate of drug-likeness (QED) is 0.588. The van der Waals surface area contributed by atoms with E-state index in [0.717, 1.165) is 10.1 Å². The van der Waals surface area contributed by atoms with Crippen LogP contribution in [0, 0.1) is 0 Å². The number of carbonyl (C=O) groups excluding carboxylic acids is 1. The summed E-state index contributed by atoms with van der Waals surface area (Å²) in [5.41, 5.74) is 0.496. The van der Waals surface area contributed by atoms with Crippen LogP contribution in [0.2, 0.25) is 5.02 Å². The van der Waals surface area contributed by atoms with Crippen molar-refractivity contribution in [1.82, 2.24) is 24.0 Å². The molecular formula is C18H21ClN6O3. The summed E-state index contributed by atoms with van der Waals surface area (Å²) in [6.45, 7) is 2.53. The van der Waals surface area contributed by atoms with Crippen molar-refractivity contribution in [3.8, 4) is 0 Å². The van der Waals surface area contributed by atoms with Gasteiger partial charge in [0.15, 0.2) is 11.2 Å². The highest BCUT2D eigenvalue weighted by Crippen LogP contribution is 2.21. The fourth-order valence-electron chi connectivity index (χ4n) is 2.95. The van der Waals surface area contributed by atoms with E-state index in [0.29, 0.717) is 36.1 Å². The van der Waals surface area contributed by atoms with Gasteiger partial charge in [-0.2, -0.15) is 4.98 Å². The van der Waals surface area contributed by atoms with Crippen LogP contribution in [0.15, 0.2) is 33.9 Å². The van der Waals surface area contributed by atoms with Crippen molar-refractivity contribution in [3.05, 3.63) is 55.7 Å². The number of hydrogen-bond donors (Lipinski definition) is 2. The lowest BCUT2D eigenvalue weighted by atomic mass is 10.2. The smallest absolute Gasteiger partial charge is 0.332 e. The molecule has 0 spiro atoms. The van der Waals surface area contributed by atoms with E-state index in [2.05, 4.69) is 15.6 Å². The number of hydrogen-bond acceptors (Lipinski definition) is 5. The zero-order valence-corrected chi connectivity index (χ0v) is 16.6. The van der Waals surface area contributed by atoms with Crippen LogP contribution in [-0.2, 0) is 25.4 Å². The van der Waals surface area contributed by atoms with E-state index in [1.807, 2.05) is 18.2 Å². The fourth-order valence-corrected chi connectivity index (χ4v) is 3.14. The van der Waals surface area contributed by atoms with Crippen molar-refractivity contribution in [2.24, 2.45) is 14.1 Å². The maximum Gasteiger partial charge on any atom is 0.332 e. The number of benzene rings is 1. The lowest BCUT2D eigenvalue weighted by molar-refractivity contribution is -0.118. The van der Waals surface area contributed by atoms with Gasteiger partial charge in [-0.15, -0.1) is 0 Å². The Morgan fingerprint density at radius 2 is 1.86 bits per heavy atom. The van der Waals surface area contributed by atoms with Gasteiger partial charge in [-0.05, 0) is 11.6 Å². The minimum atomic E-state index is -0.454. The molecule has 0 saturated heterocycles. The molecule has 9 nitrogen and oxygen atoms in total. The van der Waals surface area contributed by atoms with Crippen molar-refractivity contribution in [2.75, 3.05) is 18.4 Å². The fraction of sp³-hybridized carbons (Fsp3) is 0.333. The molecule has 0 aliphatic carbocycles. The van der Waals surface area contributed by atoms with Gasteiger partial charge in [0.25, 0.3) is 5.56 Å². The molecule has 3 rings (SSSR count). The third-order valence-electron chi connectivity index (χ3n) is 4.42. The number of aromatic nitrogens is 4. The molecule has 10 heteroatoms. The number of nitrogens with zero attached hydrogens (tertiary/aromatic N) is 4. The Morgan fingerprint density at radius 1 is 1.14 bits per heavy atom. The Hall–Kier alpha value is -3.07. The van der Waals surface area contributed by atoms with Crippen LogP contribution in [0.1, 0.15) is 12.5 Å². The standard InChI is InChI=1S/C18H21ClN6O3/c1-11(26)20-8-9-21-17-22-15-14(16(27)24(3)18(28)23(15)2)25(17)10-12-6-4-5-7-13(12)19/h4-7H,8-10H2,1-3H3,(H,20,26)(H,21,22). The van der Waals surface area contributed by atoms with Gasteiger partial charge in [-0.1, -0.05) is 29.8 Å². The van der Waals surface area contributed by atoms with Crippen molar-refractivity contribution < 1.29 is 4.79 Å². The zero-order valence-electron chi connectivity index (χ0n) is 15.8. The lowest BCUT2D eigenvalue weighted by Crippen LogP contribution is -2.37. The summed E-state index contributed by atoms with van der Waals surface area (Å²) in [6.07, 6.45) is 0. The van der Waals surface area contributed by atoms with Crippen LogP contribution in [0.5, 0.6) is 0 Å². The topological polar surface area (TPSA) is 103 Å². The molecule has 0 saturated carbocycles. The molecule has 1 aromatic carbocycles. The van der Waals surface area contributed by atoms with Gasteiger partial charge in [0.1, 0.15) is 0 Å².